The summed E-state index contributed by atoms with van der Waals surface area (Å²) < 4.78 is 5.19. The first-order chi connectivity index (χ1) is 50.8. The second-order valence-electron chi connectivity index (χ2n) is 12.2. The van der Waals surface area contributed by atoms with Crippen LogP contribution in [0.25, 0.3) is 0 Å². The molecule has 0 rings (SSSR count). The molecular weight excluding hydrogens is 1970 g/mol. The molecule has 444 valence electrons. The molecule has 0 aromatic rings. The van der Waals surface area contributed by atoms with E-state index in [9.17, 15) is 0 Å². The Hall–Kier alpha value is -22.5. The van der Waals surface area contributed by atoms with E-state index in [0.717, 1.165) is 0 Å². The van der Waals surface area contributed by atoms with Gasteiger partial charge in [0.25, 0.3) is 0 Å². The van der Waals surface area contributed by atoms with Crippen molar-refractivity contribution in [3.05, 3.63) is 0 Å². The standard InChI is InChI=1S/2C50HI.2No/c2*1-2-3-4-5-6-7-8-9-10-11-12-13-14-15-16-17-18-19-20-21-22-23-24-25-26-27-28-29-30-31-32-33-34-35-36-37-38-39-40-41-42-43-44-45-46-47-48-49-50-51;;/h2*1H;;. The summed E-state index contributed by atoms with van der Waals surface area (Å²) in [5.41, 5.74) is 0. The molecule has 104 heavy (non-hydrogen) atoms. The quantitative estimate of drug-likeness (QED) is 0.258. The fourth-order valence-corrected chi connectivity index (χ4v) is 3.20. The molecule has 0 amide bonds. The molecule has 0 N–H and O–H groups in total. The van der Waals surface area contributed by atoms with Gasteiger partial charge in [0.2, 0.25) is 0 Å². The molecule has 0 aliphatic heterocycles. The third-order valence-electron chi connectivity index (χ3n) is 5.99. The largest absolute Gasteiger partial charge is 0.106 e. The summed E-state index contributed by atoms with van der Waals surface area (Å²) in [5, 5.41) is 0. The number of hydrogen-bond donors (Lipinski definition) is 0. The first-order valence-electron chi connectivity index (χ1n) is 25.0. The van der Waals surface area contributed by atoms with Gasteiger partial charge in [-0.05, 0) is 197 Å². The molecule has 0 aromatic heterocycles. The molecule has 0 fully saturated rings. The SMILES string of the molecule is C#CC#CC#CC#CC#CC#CC#CC#CC#CC#CC#CC#CC#CC#CC#CC#CC#CC#CC#CC#CC#CC#CC#CC#CC#CI.C#CC#CC#CC#CC#CC#CC#CC#CC#CC#CC#CC#CC#CC#CC#CC#CC#CC#CC#CC#CC#CC#CC#CC#CC#CI.[No].[No]. The predicted octanol–water partition coefficient (Wildman–Crippen LogP) is 2.19. The van der Waals surface area contributed by atoms with Gasteiger partial charge >= 0.3 is 0 Å². The van der Waals surface area contributed by atoms with E-state index in [0.29, 0.717) is 0 Å². The molecule has 0 aliphatic rings. The van der Waals surface area contributed by atoms with Gasteiger partial charge in [-0.15, -0.1) is 12.8 Å². The van der Waals surface area contributed by atoms with Crippen LogP contribution in [0.4, 0.5) is 0 Å². The van der Waals surface area contributed by atoms with Gasteiger partial charge in [0.1, 0.15) is 0 Å². The number of hydrogen-bond acceptors (Lipinski definition) is 0. The predicted molar refractivity (Wildman–Crippen MR) is 419 cm³/mol. The van der Waals surface area contributed by atoms with Crippen molar-refractivity contribution >= 4 is 45.2 Å². The van der Waals surface area contributed by atoms with Gasteiger partial charge in [-0.2, -0.15) is 0 Å². The zero-order valence-corrected chi connectivity index (χ0v) is 60.2. The molecule has 0 saturated carbocycles. The summed E-state index contributed by atoms with van der Waals surface area (Å²) in [6.07, 6.45) is 9.88. The molecule has 0 atom stereocenters. The molecule has 0 aromatic carbocycles. The minimum Gasteiger partial charge on any atom is -0.106 e. The van der Waals surface area contributed by atoms with Gasteiger partial charge < -0.3 is 0 Å². The first kappa shape index (κ1) is 87.9. The minimum absolute atomic E-state index is 0. The van der Waals surface area contributed by atoms with E-state index in [-0.39, 0.29) is 0 Å². The van der Waals surface area contributed by atoms with Crippen LogP contribution in [-0.2, 0) is 0 Å². The van der Waals surface area contributed by atoms with Crippen LogP contribution in [0, 0.1) is 589 Å². The molecule has 0 spiro atoms. The van der Waals surface area contributed by atoms with Crippen molar-refractivity contribution < 1.29 is 0 Å². The van der Waals surface area contributed by atoms with E-state index >= 15 is 0 Å². The van der Waals surface area contributed by atoms with Crippen molar-refractivity contribution in [1.82, 2.24) is 0 Å². The maximum Gasteiger partial charge on any atom is 0.0192 e. The van der Waals surface area contributed by atoms with Crippen molar-refractivity contribution in [2.45, 2.75) is 0 Å². The van der Waals surface area contributed by atoms with Crippen molar-refractivity contribution in [2.24, 2.45) is 0 Å². The molecule has 0 heterocycles. The summed E-state index contributed by atoms with van der Waals surface area (Å²) in [7, 11) is 0. The van der Waals surface area contributed by atoms with E-state index in [4.69, 9.17) is 12.8 Å². The van der Waals surface area contributed by atoms with Crippen molar-refractivity contribution in [3.8, 4) is 589 Å². The second kappa shape index (κ2) is 89.2. The molecule has 0 radical (unpaired) electrons. The molecule has 0 aliphatic carbocycles. The van der Waals surface area contributed by atoms with Crippen molar-refractivity contribution in [1.29, 1.82) is 0 Å². The van der Waals surface area contributed by atoms with Crippen LogP contribution < -0.4 is 0 Å². The topological polar surface area (TPSA) is 0 Å². The molecule has 4 heteroatoms. The summed E-state index contributed by atoms with van der Waals surface area (Å²) in [4.78, 5) is 0. The Morgan fingerprint density at radius 3 is 0.183 bits per heavy atom. The maximum atomic E-state index is 4.94. The zero-order chi connectivity index (χ0) is 73.3. The fraction of sp³-hybridized carbons (Fsp3) is 0. The van der Waals surface area contributed by atoms with Crippen molar-refractivity contribution in [3.63, 3.8) is 0 Å². The van der Waals surface area contributed by atoms with Crippen LogP contribution in [0.2, 0.25) is 0 Å². The van der Waals surface area contributed by atoms with Gasteiger partial charge in [0.05, 0.1) is 0 Å². The number of halogens is 2. The molecule has 0 nitrogen and oxygen atoms in total. The molecular formula is C100H2I2No2. The minimum atomic E-state index is 0. The first-order valence-corrected chi connectivity index (χ1v) is 27.1. The Kier molecular flexibility index (Phi) is 75.4. The van der Waals surface area contributed by atoms with Crippen LogP contribution in [0.1, 0.15) is 0 Å². The Morgan fingerprint density at radius 2 is 0.135 bits per heavy atom. The Labute approximate surface area is 628 Å². The van der Waals surface area contributed by atoms with Crippen LogP contribution in [0.3, 0.4) is 0 Å². The number of terminal acetylenes is 2. The second-order valence-corrected chi connectivity index (χ2v) is 13.3. The fourth-order valence-electron chi connectivity index (χ4n) is 2.93. The summed E-state index contributed by atoms with van der Waals surface area (Å²) >= 11 is 3.76. The monoisotopic (exact) mass is 1970 g/mol. The molecule has 0 saturated heterocycles. The molecule has 0 bridgehead atoms. The van der Waals surface area contributed by atoms with Gasteiger partial charge in [-0.25, -0.2) is 0 Å². The molecule has 0 unspecified atom stereocenters. The Balaban J connectivity index is -0.000000943. The average molecular weight is 1970 g/mol. The van der Waals surface area contributed by atoms with Gasteiger partial charge in [0, 0.05) is 424 Å². The van der Waals surface area contributed by atoms with Gasteiger partial charge in [-0.3, -0.25) is 0 Å². The summed E-state index contributed by atoms with van der Waals surface area (Å²) in [6, 6.07) is 0. The smallest absolute Gasteiger partial charge is 0.0192 e. The summed E-state index contributed by atoms with van der Waals surface area (Å²) in [5.74, 6) is 238. The van der Waals surface area contributed by atoms with E-state index in [1.807, 2.05) is 45.2 Å². The van der Waals surface area contributed by atoms with E-state index in [1.54, 1.807) is 0 Å². The van der Waals surface area contributed by atoms with E-state index in [1.165, 1.54) is 0 Å². The Bertz CT molecular complexity index is 6690. The van der Waals surface area contributed by atoms with Crippen LogP contribution in [0.5, 0.6) is 0 Å². The third-order valence-corrected chi connectivity index (χ3v) is 6.53. The maximum absolute atomic E-state index is 4.94. The number of rotatable bonds is 0. The van der Waals surface area contributed by atoms with Crippen LogP contribution in [0.15, 0.2) is 0 Å². The Morgan fingerprint density at radius 1 is 0.0865 bits per heavy atom. The van der Waals surface area contributed by atoms with Gasteiger partial charge in [0.15, 0.2) is 0 Å². The summed E-state index contributed by atoms with van der Waals surface area (Å²) in [6.45, 7) is 0. The van der Waals surface area contributed by atoms with Crippen molar-refractivity contribution in [2.75, 3.05) is 0 Å². The normalized spacial score (nSPS) is 3.85. The van der Waals surface area contributed by atoms with E-state index in [2.05, 4.69) is 576 Å². The van der Waals surface area contributed by atoms with Crippen LogP contribution in [-0.4, -0.2) is 0 Å². The average Bonchev–Trinajstić information content (AvgIpc) is 3.74. The third kappa shape index (κ3) is 90.6. The van der Waals surface area contributed by atoms with Gasteiger partial charge in [-0.1, -0.05) is 0 Å². The van der Waals surface area contributed by atoms with Crippen LogP contribution >= 0.6 is 45.2 Å². The zero-order valence-electron chi connectivity index (χ0n) is 51.4. The van der Waals surface area contributed by atoms with E-state index < -0.39 is 0 Å².